The molecule has 0 amide bonds. The molecule has 46 heavy (non-hydrogen) atoms. The van der Waals surface area contributed by atoms with Gasteiger partial charge in [0.1, 0.15) is 11.2 Å². The number of rotatable bonds is 5. The van der Waals surface area contributed by atoms with Gasteiger partial charge in [-0.2, -0.15) is 0 Å². The van der Waals surface area contributed by atoms with Crippen LogP contribution < -0.4 is 4.90 Å². The fourth-order valence-corrected chi connectivity index (χ4v) is 6.83. The van der Waals surface area contributed by atoms with Crippen molar-refractivity contribution in [2.24, 2.45) is 0 Å². The number of hydrogen-bond donors (Lipinski definition) is 0. The van der Waals surface area contributed by atoms with Crippen LogP contribution in [0, 0.1) is 0 Å². The molecule has 0 aliphatic carbocycles. The lowest BCUT2D eigenvalue weighted by Crippen LogP contribution is -2.10. The third kappa shape index (κ3) is 4.43. The second-order valence-electron chi connectivity index (χ2n) is 11.8. The van der Waals surface area contributed by atoms with Crippen LogP contribution in [0.5, 0.6) is 0 Å². The lowest BCUT2D eigenvalue weighted by Gasteiger charge is -2.26. The summed E-state index contributed by atoms with van der Waals surface area (Å²) in [6, 6.07) is 62.7. The number of hydrogen-bond acceptors (Lipinski definition) is 2. The highest BCUT2D eigenvalue weighted by Gasteiger charge is 2.18. The molecule has 2 heteroatoms. The van der Waals surface area contributed by atoms with E-state index in [1.165, 1.54) is 43.8 Å². The second-order valence-corrected chi connectivity index (χ2v) is 11.8. The van der Waals surface area contributed by atoms with Gasteiger partial charge in [0, 0.05) is 33.2 Å². The van der Waals surface area contributed by atoms with Crippen molar-refractivity contribution >= 4 is 60.5 Å². The van der Waals surface area contributed by atoms with E-state index in [9.17, 15) is 0 Å². The molecule has 0 atom stereocenters. The van der Waals surface area contributed by atoms with E-state index in [2.05, 4.69) is 181 Å². The first kappa shape index (κ1) is 26.3. The summed E-state index contributed by atoms with van der Waals surface area (Å²) in [7, 11) is 0. The van der Waals surface area contributed by atoms with Crippen LogP contribution in [0.15, 0.2) is 180 Å². The number of fused-ring (bicyclic) bond motifs is 7. The first-order valence-corrected chi connectivity index (χ1v) is 15.7. The molecule has 1 aromatic heterocycles. The quantitative estimate of drug-likeness (QED) is 0.186. The van der Waals surface area contributed by atoms with Gasteiger partial charge < -0.3 is 9.32 Å². The van der Waals surface area contributed by atoms with Gasteiger partial charge in [-0.15, -0.1) is 0 Å². The van der Waals surface area contributed by atoms with E-state index < -0.39 is 0 Å². The van der Waals surface area contributed by atoms with Gasteiger partial charge in [0.2, 0.25) is 0 Å². The second kappa shape index (κ2) is 10.8. The Kier molecular flexibility index (Phi) is 6.17. The molecular weight excluding hydrogens is 558 g/mol. The molecule has 9 rings (SSSR count). The Morgan fingerprint density at radius 2 is 0.913 bits per heavy atom. The van der Waals surface area contributed by atoms with E-state index in [4.69, 9.17) is 4.42 Å². The summed E-state index contributed by atoms with van der Waals surface area (Å²) in [6.07, 6.45) is 0. The van der Waals surface area contributed by atoms with Crippen LogP contribution in [0.2, 0.25) is 0 Å². The van der Waals surface area contributed by atoms with Crippen LogP contribution in [0.1, 0.15) is 0 Å². The standard InChI is InChI=1S/C44H29NO/c1-3-10-30(11-4-1)32-20-23-36(24-21-32)45(37-16-9-15-35(28-37)31-12-5-2-6-13-31)38-25-27-41-40(29-38)44-42(46-41)26-22-34-19-18-33-14-7-8-17-39(33)43(34)44/h1-29H. The molecule has 0 radical (unpaired) electrons. The molecule has 8 aromatic carbocycles. The molecule has 0 N–H and O–H groups in total. The zero-order valence-corrected chi connectivity index (χ0v) is 25.1. The van der Waals surface area contributed by atoms with Crippen LogP contribution in [0.3, 0.4) is 0 Å². The van der Waals surface area contributed by atoms with Crippen LogP contribution in [-0.2, 0) is 0 Å². The molecule has 1 heterocycles. The number of anilines is 3. The van der Waals surface area contributed by atoms with Gasteiger partial charge in [-0.25, -0.2) is 0 Å². The Balaban J connectivity index is 1.27. The van der Waals surface area contributed by atoms with Gasteiger partial charge in [0.15, 0.2) is 0 Å². The number of nitrogens with zero attached hydrogens (tertiary/aromatic N) is 1. The first-order valence-electron chi connectivity index (χ1n) is 15.7. The largest absolute Gasteiger partial charge is 0.456 e. The van der Waals surface area contributed by atoms with Crippen molar-refractivity contribution in [2.75, 3.05) is 4.90 Å². The minimum atomic E-state index is 0.886. The summed E-state index contributed by atoms with van der Waals surface area (Å²) in [6.45, 7) is 0. The van der Waals surface area contributed by atoms with Gasteiger partial charge in [0.05, 0.1) is 0 Å². The predicted molar refractivity (Wildman–Crippen MR) is 194 cm³/mol. The van der Waals surface area contributed by atoms with Crippen LogP contribution in [0.4, 0.5) is 17.1 Å². The molecule has 2 nitrogen and oxygen atoms in total. The lowest BCUT2D eigenvalue weighted by molar-refractivity contribution is 0.669. The van der Waals surface area contributed by atoms with Gasteiger partial charge in [-0.1, -0.05) is 127 Å². The summed E-state index contributed by atoms with van der Waals surface area (Å²) >= 11 is 0. The number of furan rings is 1. The third-order valence-electron chi connectivity index (χ3n) is 9.03. The lowest BCUT2D eigenvalue weighted by atomic mass is 9.97. The highest BCUT2D eigenvalue weighted by molar-refractivity contribution is 6.26. The molecular formula is C44H29NO. The van der Waals surface area contributed by atoms with E-state index in [-0.39, 0.29) is 0 Å². The molecule has 9 aromatic rings. The normalized spacial score (nSPS) is 11.5. The molecule has 0 saturated carbocycles. The van der Waals surface area contributed by atoms with E-state index >= 15 is 0 Å². The zero-order chi connectivity index (χ0) is 30.5. The Bertz CT molecular complexity index is 2510. The van der Waals surface area contributed by atoms with Crippen LogP contribution in [0.25, 0.3) is 65.7 Å². The smallest absolute Gasteiger partial charge is 0.136 e. The molecule has 0 fully saturated rings. The topological polar surface area (TPSA) is 16.4 Å². The highest BCUT2D eigenvalue weighted by atomic mass is 16.3. The molecule has 0 unspecified atom stereocenters. The molecule has 0 aliphatic heterocycles. The average molecular weight is 588 g/mol. The summed E-state index contributed by atoms with van der Waals surface area (Å²) in [5.74, 6) is 0. The maximum atomic E-state index is 6.48. The minimum Gasteiger partial charge on any atom is -0.456 e. The SMILES string of the molecule is c1ccc(-c2ccc(N(c3cccc(-c4ccccc4)c3)c3ccc4oc5ccc6ccc7ccccc7c6c5c4c3)cc2)cc1. The highest BCUT2D eigenvalue weighted by Crippen LogP contribution is 2.43. The first-order chi connectivity index (χ1) is 22.8. The van der Waals surface area contributed by atoms with E-state index in [0.29, 0.717) is 0 Å². The van der Waals surface area contributed by atoms with Gasteiger partial charge in [-0.3, -0.25) is 0 Å². The van der Waals surface area contributed by atoms with Crippen molar-refractivity contribution in [1.29, 1.82) is 0 Å². The van der Waals surface area contributed by atoms with Crippen molar-refractivity contribution < 1.29 is 4.42 Å². The molecule has 0 aliphatic rings. The van der Waals surface area contributed by atoms with Crippen molar-refractivity contribution in [3.05, 3.63) is 176 Å². The van der Waals surface area contributed by atoms with Gasteiger partial charge in [0.25, 0.3) is 0 Å². The summed E-state index contributed by atoms with van der Waals surface area (Å²) in [5, 5.41) is 7.18. The Hall–Kier alpha value is -6.12. The van der Waals surface area contributed by atoms with Crippen molar-refractivity contribution in [3.63, 3.8) is 0 Å². The van der Waals surface area contributed by atoms with E-state index in [0.717, 1.165) is 39.0 Å². The molecule has 0 saturated heterocycles. The molecule has 216 valence electrons. The summed E-state index contributed by atoms with van der Waals surface area (Å²) in [5.41, 5.74) is 9.81. The Labute approximate surface area is 267 Å². The average Bonchev–Trinajstić information content (AvgIpc) is 3.51. The zero-order valence-electron chi connectivity index (χ0n) is 25.1. The van der Waals surface area contributed by atoms with Crippen molar-refractivity contribution in [1.82, 2.24) is 0 Å². The Morgan fingerprint density at radius 3 is 1.72 bits per heavy atom. The van der Waals surface area contributed by atoms with Crippen LogP contribution in [-0.4, -0.2) is 0 Å². The van der Waals surface area contributed by atoms with Gasteiger partial charge >= 0.3 is 0 Å². The van der Waals surface area contributed by atoms with Crippen LogP contribution >= 0.6 is 0 Å². The van der Waals surface area contributed by atoms with E-state index in [1.54, 1.807) is 0 Å². The summed E-state index contributed by atoms with van der Waals surface area (Å²) < 4.78 is 6.48. The van der Waals surface area contributed by atoms with Gasteiger partial charge in [-0.05, 0) is 86.9 Å². The minimum absolute atomic E-state index is 0.886. The fourth-order valence-electron chi connectivity index (χ4n) is 6.83. The van der Waals surface area contributed by atoms with Crippen molar-refractivity contribution in [3.8, 4) is 22.3 Å². The molecule has 0 spiro atoms. The fraction of sp³-hybridized carbons (Fsp3) is 0. The Morgan fingerprint density at radius 1 is 0.326 bits per heavy atom. The predicted octanol–water partition coefficient (Wildman–Crippen LogP) is 12.7. The third-order valence-corrected chi connectivity index (χ3v) is 9.03. The summed E-state index contributed by atoms with van der Waals surface area (Å²) in [4.78, 5) is 2.35. The van der Waals surface area contributed by atoms with E-state index in [1.807, 2.05) is 0 Å². The molecule has 0 bridgehead atoms. The number of benzene rings is 8. The maximum absolute atomic E-state index is 6.48. The monoisotopic (exact) mass is 587 g/mol. The maximum Gasteiger partial charge on any atom is 0.136 e. The van der Waals surface area contributed by atoms with Crippen molar-refractivity contribution in [2.45, 2.75) is 0 Å².